The first-order chi connectivity index (χ1) is 4.97. The topological polar surface area (TPSA) is 0 Å². The van der Waals surface area contributed by atoms with Crippen LogP contribution < -0.4 is 0 Å². The Hall–Kier alpha value is -0.144. The monoisotopic (exact) mass is 325 g/mol. The molecule has 0 amide bonds. The van der Waals surface area contributed by atoms with Crippen molar-refractivity contribution in [2.24, 2.45) is 0 Å². The fourth-order valence-corrected chi connectivity index (χ4v) is 4.13. The van der Waals surface area contributed by atoms with E-state index in [4.69, 9.17) is 0 Å². The van der Waals surface area contributed by atoms with Crippen molar-refractivity contribution in [3.8, 4) is 0 Å². The standard InChI is InChI=1S/C9H8.Po/c1-3-9-7-5-4-6-8(9)2;/h1,3-7H,2H2;. The summed E-state index contributed by atoms with van der Waals surface area (Å²) < 4.78 is 3.79. The van der Waals surface area contributed by atoms with Crippen molar-refractivity contribution in [1.82, 2.24) is 0 Å². The molecular formula is C9H8Po. The molecule has 1 heteroatoms. The van der Waals surface area contributed by atoms with E-state index < -0.39 is 0 Å². The van der Waals surface area contributed by atoms with Gasteiger partial charge in [-0.15, -0.1) is 0 Å². The van der Waals surface area contributed by atoms with Gasteiger partial charge in [-0.3, -0.25) is 0 Å². The fraction of sp³-hybridized carbons (Fsp3) is 0.111. The molecule has 0 aliphatic carbocycles. The summed E-state index contributed by atoms with van der Waals surface area (Å²) in [5.41, 5.74) is 3.00. The molecule has 0 spiro atoms. The summed E-state index contributed by atoms with van der Waals surface area (Å²) in [6, 6.07) is 8.69. The van der Waals surface area contributed by atoms with Gasteiger partial charge < -0.3 is 0 Å². The molecule has 1 aromatic rings. The van der Waals surface area contributed by atoms with Crippen LogP contribution in [0.15, 0.2) is 28.0 Å². The number of hydrogen-bond donors (Lipinski definition) is 0. The Labute approximate surface area is 72.7 Å². The second-order valence-electron chi connectivity index (χ2n) is 2.31. The number of fused-ring (bicyclic) bond motifs is 1. The van der Waals surface area contributed by atoms with E-state index in [1.165, 1.54) is 9.64 Å². The Kier molecular flexibility index (Phi) is 1.87. The molecule has 0 aromatic heterocycles. The van der Waals surface area contributed by atoms with Crippen molar-refractivity contribution in [2.45, 2.75) is 4.08 Å². The van der Waals surface area contributed by atoms with Gasteiger partial charge in [-0.05, 0) is 0 Å². The van der Waals surface area contributed by atoms with Crippen molar-refractivity contribution in [1.29, 1.82) is 0 Å². The third kappa shape index (κ3) is 1.16. The molecule has 0 N–H and O–H groups in total. The van der Waals surface area contributed by atoms with Crippen LogP contribution in [0, 0.1) is 0 Å². The van der Waals surface area contributed by atoms with Gasteiger partial charge in [0, 0.05) is 0 Å². The molecule has 0 unspecified atom stereocenters. The number of hydrogen-bond acceptors (Lipinski definition) is 0. The van der Waals surface area contributed by atoms with E-state index in [0.29, 0.717) is 0 Å². The van der Waals surface area contributed by atoms with Gasteiger partial charge in [0.2, 0.25) is 0 Å². The summed E-state index contributed by atoms with van der Waals surface area (Å²) in [5.74, 6) is 0. The average Bonchev–Trinajstić information content (AvgIpc) is 2.05. The van der Waals surface area contributed by atoms with E-state index >= 15 is 0 Å². The fourth-order valence-electron chi connectivity index (χ4n) is 1.09. The van der Waals surface area contributed by atoms with Crippen molar-refractivity contribution >= 4 is 29.6 Å². The molecule has 0 saturated heterocycles. The molecule has 0 nitrogen and oxygen atoms in total. The predicted molar refractivity (Wildman–Crippen MR) is 44.9 cm³/mol. The van der Waals surface area contributed by atoms with E-state index in [9.17, 15) is 0 Å². The maximum atomic E-state index is 2.41. The molecule has 1 aliphatic heterocycles. The van der Waals surface area contributed by atoms with Crippen LogP contribution in [0.5, 0.6) is 0 Å². The van der Waals surface area contributed by atoms with E-state index in [2.05, 4.69) is 34.1 Å². The van der Waals surface area contributed by atoms with Gasteiger partial charge in [0.05, 0.1) is 0 Å². The quantitative estimate of drug-likeness (QED) is 0.683. The van der Waals surface area contributed by atoms with Crippen molar-refractivity contribution in [2.75, 3.05) is 0 Å². The zero-order valence-corrected chi connectivity index (χ0v) is 8.75. The number of rotatable bonds is 0. The summed E-state index contributed by atoms with van der Waals surface area (Å²) in [6.07, 6.45) is 2.28. The summed E-state index contributed by atoms with van der Waals surface area (Å²) in [4.78, 5) is 0. The van der Waals surface area contributed by atoms with Gasteiger partial charge in [-0.1, -0.05) is 0 Å². The minimum atomic E-state index is -0.0980. The van der Waals surface area contributed by atoms with E-state index in [-0.39, 0.29) is 23.6 Å². The summed E-state index contributed by atoms with van der Waals surface area (Å²) in [7, 11) is 0. The number of benzene rings is 1. The first kappa shape index (κ1) is 6.56. The minimum absolute atomic E-state index is 0.0980. The molecule has 0 bridgehead atoms. The normalized spacial score (nSPS) is 14.8. The Morgan fingerprint density at radius 2 is 2.10 bits per heavy atom. The third-order valence-corrected chi connectivity index (χ3v) is 4.77. The summed E-state index contributed by atoms with van der Waals surface area (Å²) >= 11 is -0.0980. The molecule has 10 heavy (non-hydrogen) atoms. The van der Waals surface area contributed by atoms with Crippen LogP contribution in [-0.4, -0.2) is 23.6 Å². The van der Waals surface area contributed by atoms with Gasteiger partial charge in [0.1, 0.15) is 0 Å². The van der Waals surface area contributed by atoms with Gasteiger partial charge in [-0.2, -0.15) is 0 Å². The van der Waals surface area contributed by atoms with Crippen LogP contribution in [0.3, 0.4) is 0 Å². The van der Waals surface area contributed by atoms with Gasteiger partial charge in [0.15, 0.2) is 0 Å². The van der Waals surface area contributed by atoms with Crippen molar-refractivity contribution in [3.05, 3.63) is 39.1 Å². The van der Waals surface area contributed by atoms with E-state index in [0.717, 1.165) is 0 Å². The Morgan fingerprint density at radius 3 is 3.00 bits per heavy atom. The van der Waals surface area contributed by atoms with Crippen LogP contribution in [0.25, 0.3) is 6.08 Å². The third-order valence-electron chi connectivity index (χ3n) is 1.64. The summed E-state index contributed by atoms with van der Waals surface area (Å²) in [6.45, 7) is 0. The Morgan fingerprint density at radius 1 is 1.20 bits per heavy atom. The molecule has 0 atom stereocenters. The molecule has 1 heterocycles. The predicted octanol–water partition coefficient (Wildman–Crippen LogP) is 1.88. The SMILES string of the molecule is [CH]1=Cc2ccccc2[CH2][Po]1. The molecule has 1 aliphatic rings. The van der Waals surface area contributed by atoms with Gasteiger partial charge in [0.25, 0.3) is 0 Å². The van der Waals surface area contributed by atoms with Crippen molar-refractivity contribution < 1.29 is 0 Å². The van der Waals surface area contributed by atoms with Crippen LogP contribution in [-0.2, 0) is 4.08 Å². The first-order valence-corrected chi connectivity index (χ1v) is 7.40. The zero-order chi connectivity index (χ0) is 6.81. The van der Waals surface area contributed by atoms with Crippen LogP contribution >= 0.6 is 0 Å². The van der Waals surface area contributed by atoms with Crippen LogP contribution in [0.2, 0.25) is 0 Å². The molecule has 50 valence electrons. The second kappa shape index (κ2) is 2.85. The molecule has 2 rings (SSSR count). The first-order valence-electron chi connectivity index (χ1n) is 3.33. The Bertz CT molecular complexity index is 263. The molecule has 1 aromatic carbocycles. The van der Waals surface area contributed by atoms with E-state index in [1.54, 1.807) is 5.56 Å². The van der Waals surface area contributed by atoms with Gasteiger partial charge >= 0.3 is 72.8 Å². The van der Waals surface area contributed by atoms with Gasteiger partial charge in [-0.25, -0.2) is 0 Å². The average molecular weight is 325 g/mol. The van der Waals surface area contributed by atoms with Crippen LogP contribution in [0.4, 0.5) is 0 Å². The van der Waals surface area contributed by atoms with Crippen LogP contribution in [0.1, 0.15) is 11.1 Å². The maximum absolute atomic E-state index is 2.41. The van der Waals surface area contributed by atoms with E-state index in [1.807, 2.05) is 0 Å². The second-order valence-corrected chi connectivity index (χ2v) is 5.79. The molecule has 0 fully saturated rings. The summed E-state index contributed by atoms with van der Waals surface area (Å²) in [5, 5.41) is 0. The molecular weight excluding hydrogens is 317 g/mol. The van der Waals surface area contributed by atoms with Crippen molar-refractivity contribution in [3.63, 3.8) is 0 Å². The zero-order valence-electron chi connectivity index (χ0n) is 5.58. The Balaban J connectivity index is 2.54. The molecule has 0 saturated carbocycles. The molecule has 0 radical (unpaired) electrons.